The Morgan fingerprint density at radius 1 is 1.53 bits per heavy atom. The predicted molar refractivity (Wildman–Crippen MR) is 66.4 cm³/mol. The lowest BCUT2D eigenvalue weighted by Gasteiger charge is -2.01. The second-order valence-electron chi connectivity index (χ2n) is 3.56. The Labute approximate surface area is 103 Å². The Morgan fingerprint density at radius 3 is 3.00 bits per heavy atom. The molecule has 92 valence electrons. The van der Waals surface area contributed by atoms with E-state index in [1.54, 1.807) is 16.9 Å². The monoisotopic (exact) mass is 272 g/mol. The number of nitrogens with zero attached hydrogens (tertiary/aromatic N) is 3. The highest BCUT2D eigenvalue weighted by Gasteiger charge is 2.08. The lowest BCUT2D eigenvalue weighted by molar-refractivity contribution is 0.599. The van der Waals surface area contributed by atoms with E-state index in [2.05, 4.69) is 10.1 Å². The van der Waals surface area contributed by atoms with Crippen LogP contribution in [0.1, 0.15) is 5.69 Å². The van der Waals surface area contributed by atoms with Crippen molar-refractivity contribution in [2.24, 2.45) is 5.14 Å². The third-order valence-electron chi connectivity index (χ3n) is 2.08. The Kier molecular flexibility index (Phi) is 3.36. The van der Waals surface area contributed by atoms with Crippen LogP contribution in [0.5, 0.6) is 0 Å². The van der Waals surface area contributed by atoms with Crippen molar-refractivity contribution in [3.8, 4) is 0 Å². The molecule has 2 heterocycles. The smallest absolute Gasteiger partial charge is 0.209 e. The molecule has 0 unspecified atom stereocenters. The Hall–Kier alpha value is -1.12. The summed E-state index contributed by atoms with van der Waals surface area (Å²) in [4.78, 5) is 4.21. The maximum absolute atomic E-state index is 10.8. The second kappa shape index (κ2) is 4.63. The number of thioether (sulfide) groups is 1. The summed E-state index contributed by atoms with van der Waals surface area (Å²) in [6, 6.07) is 1.91. The molecular weight excluding hydrogens is 260 g/mol. The van der Waals surface area contributed by atoms with E-state index in [0.29, 0.717) is 5.75 Å². The highest BCUT2D eigenvalue weighted by Crippen LogP contribution is 2.21. The van der Waals surface area contributed by atoms with E-state index < -0.39 is 10.0 Å². The number of hydrogen-bond donors (Lipinski definition) is 1. The van der Waals surface area contributed by atoms with Crippen LogP contribution in [0.25, 0.3) is 5.52 Å². The van der Waals surface area contributed by atoms with E-state index in [9.17, 15) is 8.42 Å². The normalized spacial score (nSPS) is 12.1. The molecule has 0 fully saturated rings. The predicted octanol–water partition coefficient (Wildman–Crippen LogP) is 0.418. The molecule has 0 bridgehead atoms. The molecule has 2 aromatic rings. The van der Waals surface area contributed by atoms with Gasteiger partial charge in [0.05, 0.1) is 17.0 Å². The number of aromatic nitrogens is 3. The summed E-state index contributed by atoms with van der Waals surface area (Å²) in [5.74, 6) is 0.323. The maximum Gasteiger partial charge on any atom is 0.209 e. The molecule has 0 saturated carbocycles. The van der Waals surface area contributed by atoms with Gasteiger partial charge < -0.3 is 0 Å². The van der Waals surface area contributed by atoms with Crippen LogP contribution in [0.3, 0.4) is 0 Å². The molecule has 0 amide bonds. The van der Waals surface area contributed by atoms with Crippen molar-refractivity contribution < 1.29 is 8.42 Å². The first-order chi connectivity index (χ1) is 7.96. The van der Waals surface area contributed by atoms with E-state index in [-0.39, 0.29) is 5.75 Å². The standard InChI is InChI=1S/C9H12N4O2S2/c1-7-6-8-9(11-2-3-13(8)12-7)16-4-5-17(10,14)15/h2-3,6H,4-5H2,1H3,(H2,10,14,15). The number of rotatable bonds is 4. The molecule has 2 aromatic heterocycles. The zero-order valence-corrected chi connectivity index (χ0v) is 10.8. The molecule has 0 radical (unpaired) electrons. The number of sulfonamides is 1. The number of nitrogens with two attached hydrogens (primary N) is 1. The molecule has 0 aromatic carbocycles. The van der Waals surface area contributed by atoms with Gasteiger partial charge in [-0.05, 0) is 13.0 Å². The lowest BCUT2D eigenvalue weighted by Crippen LogP contribution is -2.17. The fourth-order valence-electron chi connectivity index (χ4n) is 1.39. The van der Waals surface area contributed by atoms with Crippen LogP contribution in [0, 0.1) is 6.92 Å². The maximum atomic E-state index is 10.8. The van der Waals surface area contributed by atoms with Gasteiger partial charge in [-0.1, -0.05) is 0 Å². The zero-order valence-electron chi connectivity index (χ0n) is 9.20. The molecule has 17 heavy (non-hydrogen) atoms. The summed E-state index contributed by atoms with van der Waals surface area (Å²) < 4.78 is 23.4. The van der Waals surface area contributed by atoms with Gasteiger partial charge in [-0.2, -0.15) is 5.10 Å². The molecule has 0 atom stereocenters. The molecule has 0 aliphatic rings. The van der Waals surface area contributed by atoms with Gasteiger partial charge in [-0.25, -0.2) is 23.1 Å². The van der Waals surface area contributed by atoms with Crippen LogP contribution in [0.2, 0.25) is 0 Å². The molecule has 2 rings (SSSR count). The molecule has 6 nitrogen and oxygen atoms in total. The Balaban J connectivity index is 2.18. The van der Waals surface area contributed by atoms with Gasteiger partial charge in [0.25, 0.3) is 0 Å². The van der Waals surface area contributed by atoms with E-state index in [1.807, 2.05) is 13.0 Å². The van der Waals surface area contributed by atoms with Gasteiger partial charge in [0.2, 0.25) is 10.0 Å². The van der Waals surface area contributed by atoms with Crippen LogP contribution < -0.4 is 5.14 Å². The molecule has 2 N–H and O–H groups in total. The van der Waals surface area contributed by atoms with Crippen LogP contribution in [0.15, 0.2) is 23.5 Å². The van der Waals surface area contributed by atoms with Crippen molar-refractivity contribution >= 4 is 27.3 Å². The van der Waals surface area contributed by atoms with Crippen LogP contribution in [-0.2, 0) is 10.0 Å². The first-order valence-electron chi connectivity index (χ1n) is 4.90. The van der Waals surface area contributed by atoms with Crippen molar-refractivity contribution in [2.75, 3.05) is 11.5 Å². The second-order valence-corrected chi connectivity index (χ2v) is 6.38. The molecule has 8 heteroatoms. The summed E-state index contributed by atoms with van der Waals surface area (Å²) in [6.45, 7) is 1.89. The van der Waals surface area contributed by atoms with Gasteiger partial charge in [0.1, 0.15) is 5.03 Å². The fourth-order valence-corrected chi connectivity index (χ4v) is 3.28. The van der Waals surface area contributed by atoms with Crippen LogP contribution >= 0.6 is 11.8 Å². The van der Waals surface area contributed by atoms with E-state index in [0.717, 1.165) is 16.2 Å². The van der Waals surface area contributed by atoms with Crippen molar-refractivity contribution in [1.29, 1.82) is 0 Å². The zero-order chi connectivity index (χ0) is 12.5. The number of hydrogen-bond acceptors (Lipinski definition) is 5. The molecular formula is C9H12N4O2S2. The fraction of sp³-hybridized carbons (Fsp3) is 0.333. The number of fused-ring (bicyclic) bond motifs is 1. The van der Waals surface area contributed by atoms with Crippen LogP contribution in [-0.4, -0.2) is 34.5 Å². The first-order valence-corrected chi connectivity index (χ1v) is 7.60. The quantitative estimate of drug-likeness (QED) is 0.814. The summed E-state index contributed by atoms with van der Waals surface area (Å²) in [6.07, 6.45) is 3.39. The highest BCUT2D eigenvalue weighted by atomic mass is 32.2. The molecule has 0 aliphatic carbocycles. The first kappa shape index (κ1) is 12.3. The third-order valence-corrected chi connectivity index (χ3v) is 4.11. The Morgan fingerprint density at radius 2 is 2.29 bits per heavy atom. The molecule has 0 saturated heterocycles. The summed E-state index contributed by atoms with van der Waals surface area (Å²) in [7, 11) is -3.41. The van der Waals surface area contributed by atoms with Gasteiger partial charge in [0.15, 0.2) is 0 Å². The van der Waals surface area contributed by atoms with Gasteiger partial charge in [-0.15, -0.1) is 11.8 Å². The molecule has 0 aliphatic heterocycles. The highest BCUT2D eigenvalue weighted by molar-refractivity contribution is 8.00. The minimum Gasteiger partial charge on any atom is -0.246 e. The van der Waals surface area contributed by atoms with Crippen molar-refractivity contribution in [2.45, 2.75) is 11.9 Å². The number of aryl methyl sites for hydroxylation is 1. The summed E-state index contributed by atoms with van der Waals surface area (Å²) in [5.41, 5.74) is 1.77. The van der Waals surface area contributed by atoms with Crippen LogP contribution in [0.4, 0.5) is 0 Å². The van der Waals surface area contributed by atoms with E-state index >= 15 is 0 Å². The van der Waals surface area contributed by atoms with Gasteiger partial charge >= 0.3 is 0 Å². The lowest BCUT2D eigenvalue weighted by atomic mass is 10.4. The summed E-state index contributed by atoms with van der Waals surface area (Å²) in [5, 5.41) is 9.95. The SMILES string of the molecule is Cc1cc2c(SCCS(N)(=O)=O)nccn2n1. The minimum absolute atomic E-state index is 0.0620. The van der Waals surface area contributed by atoms with Gasteiger partial charge in [0, 0.05) is 18.1 Å². The molecule has 0 spiro atoms. The Bertz CT molecular complexity index is 635. The third kappa shape index (κ3) is 3.18. The van der Waals surface area contributed by atoms with Crippen molar-refractivity contribution in [1.82, 2.24) is 14.6 Å². The van der Waals surface area contributed by atoms with Crippen molar-refractivity contribution in [3.05, 3.63) is 24.2 Å². The minimum atomic E-state index is -3.41. The largest absolute Gasteiger partial charge is 0.246 e. The van der Waals surface area contributed by atoms with Gasteiger partial charge in [-0.3, -0.25) is 0 Å². The van der Waals surface area contributed by atoms with E-state index in [4.69, 9.17) is 5.14 Å². The topological polar surface area (TPSA) is 90.4 Å². The number of primary sulfonamides is 1. The average Bonchev–Trinajstić information content (AvgIpc) is 2.57. The summed E-state index contributed by atoms with van der Waals surface area (Å²) >= 11 is 1.36. The van der Waals surface area contributed by atoms with E-state index in [1.165, 1.54) is 11.8 Å². The van der Waals surface area contributed by atoms with Crippen molar-refractivity contribution in [3.63, 3.8) is 0 Å². The average molecular weight is 272 g/mol.